The van der Waals surface area contributed by atoms with Crippen LogP contribution >= 0.6 is 0 Å². The molecule has 0 bridgehead atoms. The summed E-state index contributed by atoms with van der Waals surface area (Å²) >= 11 is 0. The first kappa shape index (κ1) is 47.2. The summed E-state index contributed by atoms with van der Waals surface area (Å²) in [4.78, 5) is 47.0. The minimum atomic E-state index is -2.26. The van der Waals surface area contributed by atoms with Gasteiger partial charge in [0.1, 0.15) is 5.78 Å². The molecule has 0 aromatic rings. The third-order valence-electron chi connectivity index (χ3n) is 8.59. The lowest BCUT2D eigenvalue weighted by molar-refractivity contribution is -0.177. The van der Waals surface area contributed by atoms with Gasteiger partial charge in [0.05, 0.1) is 32.7 Å². The second kappa shape index (κ2) is 32.6. The molecule has 8 nitrogen and oxygen atoms in total. The van der Waals surface area contributed by atoms with Crippen LogP contribution < -0.4 is 0 Å². The normalized spacial score (nSPS) is 12.4. The third kappa shape index (κ3) is 27.7. The SMILES string of the molecule is CCCCCCCCCCCC(C)C(=O)C(C)CCCCCCCCCCC.CCOC(=O)CC(O)(CC(=O)OCC)C(=O)OCC. The van der Waals surface area contributed by atoms with Crippen molar-refractivity contribution in [3.63, 3.8) is 0 Å². The largest absolute Gasteiger partial charge is 0.466 e. The Hall–Kier alpha value is -1.96. The van der Waals surface area contributed by atoms with Crippen LogP contribution in [0.1, 0.15) is 190 Å². The van der Waals surface area contributed by atoms with Crippen molar-refractivity contribution in [2.45, 2.75) is 195 Å². The molecule has 0 amide bonds. The molecule has 47 heavy (non-hydrogen) atoms. The maximum absolute atomic E-state index is 12.6. The Labute approximate surface area is 288 Å². The van der Waals surface area contributed by atoms with E-state index in [-0.39, 0.29) is 31.7 Å². The predicted octanol–water partition coefficient (Wildman–Crippen LogP) is 9.86. The second-order valence-corrected chi connectivity index (χ2v) is 13.2. The van der Waals surface area contributed by atoms with E-state index in [1.165, 1.54) is 116 Å². The van der Waals surface area contributed by atoms with Gasteiger partial charge in [0.15, 0.2) is 5.60 Å². The zero-order valence-electron chi connectivity index (χ0n) is 31.6. The average molecular weight is 671 g/mol. The standard InChI is InChI=1S/C27H54O.C12H20O7/c1-5-7-9-11-13-15-17-19-21-23-25(3)27(28)26(4)24-22-20-18-16-14-12-10-8-6-2;1-4-17-9(13)7-12(16,11(15)19-6-3)8-10(14)18-5-2/h25-26H,5-24H2,1-4H3;16H,4-8H2,1-3H3. The Morgan fingerprint density at radius 3 is 1.09 bits per heavy atom. The number of rotatable bonds is 30. The molecule has 0 saturated heterocycles. The van der Waals surface area contributed by atoms with E-state index in [4.69, 9.17) is 0 Å². The van der Waals surface area contributed by atoms with Crippen LogP contribution in [0.25, 0.3) is 0 Å². The lowest BCUT2D eigenvalue weighted by Gasteiger charge is -2.23. The number of aliphatic hydroxyl groups is 1. The molecule has 0 aliphatic carbocycles. The van der Waals surface area contributed by atoms with E-state index in [9.17, 15) is 24.3 Å². The Bertz CT molecular complexity index is 731. The summed E-state index contributed by atoms with van der Waals surface area (Å²) in [5.41, 5.74) is -2.26. The maximum Gasteiger partial charge on any atom is 0.339 e. The highest BCUT2D eigenvalue weighted by molar-refractivity contribution is 5.90. The highest BCUT2D eigenvalue weighted by atomic mass is 16.6. The van der Waals surface area contributed by atoms with Crippen LogP contribution in [0.3, 0.4) is 0 Å². The molecule has 0 aliphatic rings. The molecule has 2 unspecified atom stereocenters. The van der Waals surface area contributed by atoms with Crippen LogP contribution in [0, 0.1) is 11.8 Å². The summed E-state index contributed by atoms with van der Waals surface area (Å²) in [5, 5.41) is 10.1. The van der Waals surface area contributed by atoms with Crippen LogP contribution in [-0.2, 0) is 33.4 Å². The summed E-state index contributed by atoms with van der Waals surface area (Å²) in [6.07, 6.45) is 25.5. The van der Waals surface area contributed by atoms with Gasteiger partial charge in [-0.2, -0.15) is 0 Å². The number of carbonyl (C=O) groups is 4. The number of hydrogen-bond donors (Lipinski definition) is 1. The number of unbranched alkanes of at least 4 members (excludes halogenated alkanes) is 16. The predicted molar refractivity (Wildman–Crippen MR) is 191 cm³/mol. The van der Waals surface area contributed by atoms with Gasteiger partial charge in [0.25, 0.3) is 0 Å². The Morgan fingerprint density at radius 2 is 0.787 bits per heavy atom. The molecular weight excluding hydrogens is 596 g/mol. The molecule has 0 fully saturated rings. The van der Waals surface area contributed by atoms with Gasteiger partial charge in [-0.25, -0.2) is 4.79 Å². The quantitative estimate of drug-likeness (QED) is 0.0456. The van der Waals surface area contributed by atoms with E-state index in [1.54, 1.807) is 20.8 Å². The molecule has 0 aliphatic heterocycles. The smallest absolute Gasteiger partial charge is 0.339 e. The number of esters is 3. The summed E-state index contributed by atoms with van der Waals surface area (Å²) in [7, 11) is 0. The van der Waals surface area contributed by atoms with Crippen molar-refractivity contribution in [3.8, 4) is 0 Å². The summed E-state index contributed by atoms with van der Waals surface area (Å²) < 4.78 is 14.0. The van der Waals surface area contributed by atoms with E-state index in [1.807, 2.05) is 0 Å². The molecule has 0 rings (SSSR count). The monoisotopic (exact) mass is 671 g/mol. The Morgan fingerprint density at radius 1 is 0.489 bits per heavy atom. The van der Waals surface area contributed by atoms with E-state index in [0.717, 1.165) is 12.8 Å². The number of Topliss-reactive ketones (excluding diaryl/α,β-unsaturated/α-hetero) is 1. The van der Waals surface area contributed by atoms with Gasteiger partial charge in [0, 0.05) is 11.8 Å². The summed E-state index contributed by atoms with van der Waals surface area (Å²) in [6, 6.07) is 0. The van der Waals surface area contributed by atoms with Gasteiger partial charge in [0.2, 0.25) is 0 Å². The zero-order valence-corrected chi connectivity index (χ0v) is 31.6. The first-order valence-corrected chi connectivity index (χ1v) is 19.3. The first-order valence-electron chi connectivity index (χ1n) is 19.3. The highest BCUT2D eigenvalue weighted by Crippen LogP contribution is 2.21. The average Bonchev–Trinajstić information content (AvgIpc) is 3.03. The summed E-state index contributed by atoms with van der Waals surface area (Å²) in [6.45, 7) is 13.9. The number of carbonyl (C=O) groups excluding carboxylic acids is 4. The van der Waals surface area contributed by atoms with Crippen molar-refractivity contribution < 1.29 is 38.5 Å². The van der Waals surface area contributed by atoms with Crippen LogP contribution in [0.15, 0.2) is 0 Å². The van der Waals surface area contributed by atoms with Gasteiger partial charge >= 0.3 is 17.9 Å². The van der Waals surface area contributed by atoms with Crippen LogP contribution in [0.4, 0.5) is 0 Å². The van der Waals surface area contributed by atoms with E-state index < -0.39 is 36.4 Å². The fraction of sp³-hybridized carbons (Fsp3) is 0.897. The molecule has 8 heteroatoms. The van der Waals surface area contributed by atoms with E-state index in [0.29, 0.717) is 5.78 Å². The molecule has 0 saturated carbocycles. The molecule has 0 heterocycles. The van der Waals surface area contributed by atoms with Gasteiger partial charge in [-0.1, -0.05) is 143 Å². The molecule has 0 aromatic carbocycles. The molecule has 2 atom stereocenters. The molecule has 0 spiro atoms. The number of ketones is 1. The van der Waals surface area contributed by atoms with Crippen molar-refractivity contribution in [2.24, 2.45) is 11.8 Å². The lowest BCUT2D eigenvalue weighted by Crippen LogP contribution is -2.44. The molecular formula is C39H74O8. The van der Waals surface area contributed by atoms with Gasteiger partial charge < -0.3 is 19.3 Å². The highest BCUT2D eigenvalue weighted by Gasteiger charge is 2.43. The molecule has 0 radical (unpaired) electrons. The molecule has 1 N–H and O–H groups in total. The van der Waals surface area contributed by atoms with E-state index >= 15 is 0 Å². The third-order valence-corrected chi connectivity index (χ3v) is 8.59. The topological polar surface area (TPSA) is 116 Å². The number of ether oxygens (including phenoxy) is 3. The first-order chi connectivity index (χ1) is 22.5. The van der Waals surface area contributed by atoms with Gasteiger partial charge in [-0.05, 0) is 33.6 Å². The fourth-order valence-corrected chi connectivity index (χ4v) is 5.67. The molecule has 0 aromatic heterocycles. The Kier molecular flexibility index (Phi) is 32.7. The van der Waals surface area contributed by atoms with Crippen LogP contribution in [0.2, 0.25) is 0 Å². The van der Waals surface area contributed by atoms with Gasteiger partial charge in [-0.15, -0.1) is 0 Å². The summed E-state index contributed by atoms with van der Waals surface area (Å²) in [5.74, 6) is -1.55. The minimum absolute atomic E-state index is 0.0206. The van der Waals surface area contributed by atoms with Crippen molar-refractivity contribution in [3.05, 3.63) is 0 Å². The minimum Gasteiger partial charge on any atom is -0.466 e. The lowest BCUT2D eigenvalue weighted by atomic mass is 9.88. The van der Waals surface area contributed by atoms with Crippen molar-refractivity contribution in [2.75, 3.05) is 19.8 Å². The second-order valence-electron chi connectivity index (χ2n) is 13.2. The van der Waals surface area contributed by atoms with Crippen LogP contribution in [-0.4, -0.2) is 54.2 Å². The van der Waals surface area contributed by atoms with Gasteiger partial charge in [-0.3, -0.25) is 14.4 Å². The van der Waals surface area contributed by atoms with Crippen molar-refractivity contribution in [1.29, 1.82) is 0 Å². The molecule has 278 valence electrons. The van der Waals surface area contributed by atoms with Crippen molar-refractivity contribution >= 4 is 23.7 Å². The van der Waals surface area contributed by atoms with E-state index in [2.05, 4.69) is 41.9 Å². The van der Waals surface area contributed by atoms with Crippen LogP contribution in [0.5, 0.6) is 0 Å². The number of hydrogen-bond acceptors (Lipinski definition) is 8. The maximum atomic E-state index is 12.6. The van der Waals surface area contributed by atoms with Crippen molar-refractivity contribution in [1.82, 2.24) is 0 Å². The zero-order chi connectivity index (χ0) is 35.8. The fourth-order valence-electron chi connectivity index (χ4n) is 5.67. The Balaban J connectivity index is 0.